The molecule has 1 aliphatic rings. The van der Waals surface area contributed by atoms with Crippen LogP contribution in [0.2, 0.25) is 10.0 Å². The van der Waals surface area contributed by atoms with Crippen LogP contribution in [0.15, 0.2) is 54.1 Å². The number of hydrogen-bond donors (Lipinski definition) is 1. The summed E-state index contributed by atoms with van der Waals surface area (Å²) >= 11 is 12.2. The minimum absolute atomic E-state index is 0.0671. The maximum atomic E-state index is 13.0. The van der Waals surface area contributed by atoms with Gasteiger partial charge < -0.3 is 14.9 Å². The minimum Gasteiger partial charge on any atom is -0.507 e. The maximum absolute atomic E-state index is 13.0. The van der Waals surface area contributed by atoms with Crippen LogP contribution in [-0.2, 0) is 9.59 Å². The van der Waals surface area contributed by atoms with Crippen LogP contribution in [0.5, 0.6) is 0 Å². The normalized spacial score (nSPS) is 18.2. The molecule has 164 valence electrons. The molecule has 2 aromatic carbocycles. The highest BCUT2D eigenvalue weighted by Crippen LogP contribution is 2.40. The van der Waals surface area contributed by atoms with Gasteiger partial charge in [-0.05, 0) is 68.0 Å². The fourth-order valence-corrected chi connectivity index (χ4v) is 4.23. The zero-order valence-corrected chi connectivity index (χ0v) is 19.2. The van der Waals surface area contributed by atoms with E-state index < -0.39 is 17.7 Å². The van der Waals surface area contributed by atoms with Crippen LogP contribution in [0.25, 0.3) is 5.76 Å². The van der Waals surface area contributed by atoms with Crippen molar-refractivity contribution in [1.29, 1.82) is 0 Å². The number of carbonyl (C=O) groups excluding carboxylic acids is 2. The monoisotopic (exact) mass is 460 g/mol. The van der Waals surface area contributed by atoms with Gasteiger partial charge in [0.05, 0.1) is 11.6 Å². The van der Waals surface area contributed by atoms with Gasteiger partial charge in [0.2, 0.25) is 0 Å². The summed E-state index contributed by atoms with van der Waals surface area (Å²) in [5, 5.41) is 12.0. The van der Waals surface area contributed by atoms with Crippen LogP contribution in [-0.4, -0.2) is 52.8 Å². The molecular formula is C24H26Cl2N2O3. The van der Waals surface area contributed by atoms with Gasteiger partial charge >= 0.3 is 0 Å². The van der Waals surface area contributed by atoms with E-state index in [9.17, 15) is 14.7 Å². The summed E-state index contributed by atoms with van der Waals surface area (Å²) in [5.74, 6) is -1.52. The molecule has 1 atom stereocenters. The van der Waals surface area contributed by atoms with E-state index in [4.69, 9.17) is 23.2 Å². The van der Waals surface area contributed by atoms with Crippen molar-refractivity contribution in [2.45, 2.75) is 26.3 Å². The van der Waals surface area contributed by atoms with E-state index in [-0.39, 0.29) is 11.3 Å². The second kappa shape index (κ2) is 10.3. The van der Waals surface area contributed by atoms with Crippen LogP contribution in [0.3, 0.4) is 0 Å². The van der Waals surface area contributed by atoms with Crippen molar-refractivity contribution in [3.63, 3.8) is 0 Å². The average molecular weight is 461 g/mol. The van der Waals surface area contributed by atoms with Gasteiger partial charge in [0, 0.05) is 22.2 Å². The van der Waals surface area contributed by atoms with Crippen LogP contribution >= 0.6 is 23.2 Å². The smallest absolute Gasteiger partial charge is 0.295 e. The number of aliphatic hydroxyl groups excluding tert-OH is 1. The SMILES string of the molecule is CCN(CC)CCCN1C(=O)C(=O)C(=C(O)c2ccc(Cl)cc2)C1c1cccc(Cl)c1. The van der Waals surface area contributed by atoms with Crippen molar-refractivity contribution in [2.24, 2.45) is 0 Å². The number of ketones is 1. The first-order valence-corrected chi connectivity index (χ1v) is 11.1. The van der Waals surface area contributed by atoms with Gasteiger partial charge in [-0.15, -0.1) is 0 Å². The van der Waals surface area contributed by atoms with Gasteiger partial charge in [-0.1, -0.05) is 49.2 Å². The Morgan fingerprint density at radius 1 is 1.03 bits per heavy atom. The molecule has 31 heavy (non-hydrogen) atoms. The first-order valence-electron chi connectivity index (χ1n) is 10.4. The predicted octanol–water partition coefficient (Wildman–Crippen LogP) is 5.15. The van der Waals surface area contributed by atoms with Gasteiger partial charge in [0.15, 0.2) is 0 Å². The largest absolute Gasteiger partial charge is 0.507 e. The quantitative estimate of drug-likeness (QED) is 0.336. The molecule has 1 amide bonds. The van der Waals surface area contributed by atoms with E-state index in [1.807, 2.05) is 6.07 Å². The number of carbonyl (C=O) groups is 2. The second-order valence-corrected chi connectivity index (χ2v) is 8.31. The summed E-state index contributed by atoms with van der Waals surface area (Å²) in [6, 6.07) is 12.9. The van der Waals surface area contributed by atoms with E-state index in [1.54, 1.807) is 47.4 Å². The number of halogens is 2. The molecule has 2 aromatic rings. The molecule has 7 heteroatoms. The van der Waals surface area contributed by atoms with Gasteiger partial charge in [-0.25, -0.2) is 0 Å². The third-order valence-electron chi connectivity index (χ3n) is 5.59. The Balaban J connectivity index is 2.02. The van der Waals surface area contributed by atoms with Gasteiger partial charge in [0.1, 0.15) is 5.76 Å². The fourth-order valence-electron chi connectivity index (χ4n) is 3.90. The third-order valence-corrected chi connectivity index (χ3v) is 6.08. The van der Waals surface area contributed by atoms with Crippen molar-refractivity contribution in [3.8, 4) is 0 Å². The third kappa shape index (κ3) is 5.12. The molecule has 0 aliphatic carbocycles. The highest BCUT2D eigenvalue weighted by molar-refractivity contribution is 6.46. The molecule has 0 bridgehead atoms. The number of hydrogen-bond acceptors (Lipinski definition) is 4. The van der Waals surface area contributed by atoms with E-state index in [0.29, 0.717) is 34.1 Å². The zero-order chi connectivity index (χ0) is 22.5. The number of nitrogens with zero attached hydrogens (tertiary/aromatic N) is 2. The van der Waals surface area contributed by atoms with Crippen molar-refractivity contribution in [1.82, 2.24) is 9.80 Å². The first-order chi connectivity index (χ1) is 14.9. The lowest BCUT2D eigenvalue weighted by Gasteiger charge is -2.27. The lowest BCUT2D eigenvalue weighted by Crippen LogP contribution is -2.33. The molecule has 3 rings (SSSR count). The summed E-state index contributed by atoms with van der Waals surface area (Å²) in [5.41, 5.74) is 1.18. The molecule has 0 aromatic heterocycles. The number of Topliss-reactive ketones (excluding diaryl/α,β-unsaturated/α-hetero) is 1. The lowest BCUT2D eigenvalue weighted by molar-refractivity contribution is -0.140. The Kier molecular flexibility index (Phi) is 7.76. The summed E-state index contributed by atoms with van der Waals surface area (Å²) in [4.78, 5) is 29.8. The predicted molar refractivity (Wildman–Crippen MR) is 124 cm³/mol. The molecule has 0 saturated carbocycles. The summed E-state index contributed by atoms with van der Waals surface area (Å²) in [6.45, 7) is 7.24. The number of benzene rings is 2. The van der Waals surface area contributed by atoms with Crippen LogP contribution in [0, 0.1) is 0 Å². The fraction of sp³-hybridized carbons (Fsp3) is 0.333. The van der Waals surface area contributed by atoms with Crippen molar-refractivity contribution < 1.29 is 14.7 Å². The molecule has 1 fully saturated rings. The van der Waals surface area contributed by atoms with Crippen molar-refractivity contribution >= 4 is 40.7 Å². The van der Waals surface area contributed by atoms with E-state index in [1.165, 1.54) is 0 Å². The van der Waals surface area contributed by atoms with Crippen LogP contribution in [0.1, 0.15) is 37.4 Å². The highest BCUT2D eigenvalue weighted by Gasteiger charge is 2.45. The van der Waals surface area contributed by atoms with Gasteiger partial charge in [0.25, 0.3) is 11.7 Å². The summed E-state index contributed by atoms with van der Waals surface area (Å²) < 4.78 is 0. The molecule has 5 nitrogen and oxygen atoms in total. The van der Waals surface area contributed by atoms with Gasteiger partial charge in [-0.2, -0.15) is 0 Å². The minimum atomic E-state index is -0.703. The molecule has 1 heterocycles. The standard InChI is InChI=1S/C24H26Cl2N2O3/c1-3-27(4-2)13-6-14-28-21(17-7-5-8-19(26)15-17)20(23(30)24(28)31)22(29)16-9-11-18(25)12-10-16/h5,7-12,15,21,29H,3-4,6,13-14H2,1-2H3. The Morgan fingerprint density at radius 2 is 1.71 bits per heavy atom. The zero-order valence-electron chi connectivity index (χ0n) is 17.6. The maximum Gasteiger partial charge on any atom is 0.295 e. The molecule has 1 saturated heterocycles. The number of rotatable bonds is 8. The van der Waals surface area contributed by atoms with Gasteiger partial charge in [-0.3, -0.25) is 9.59 Å². The molecule has 1 aliphatic heterocycles. The van der Waals surface area contributed by atoms with E-state index in [2.05, 4.69) is 18.7 Å². The lowest BCUT2D eigenvalue weighted by atomic mass is 9.95. The molecule has 1 N–H and O–H groups in total. The van der Waals surface area contributed by atoms with E-state index >= 15 is 0 Å². The Bertz CT molecular complexity index is 985. The highest BCUT2D eigenvalue weighted by atomic mass is 35.5. The molecule has 0 spiro atoms. The van der Waals surface area contributed by atoms with Crippen molar-refractivity contribution in [3.05, 3.63) is 75.3 Å². The van der Waals surface area contributed by atoms with E-state index in [0.717, 1.165) is 19.6 Å². The molecule has 0 radical (unpaired) electrons. The average Bonchev–Trinajstić information content (AvgIpc) is 3.01. The molecular weight excluding hydrogens is 435 g/mol. The second-order valence-electron chi connectivity index (χ2n) is 7.43. The van der Waals surface area contributed by atoms with Crippen LogP contribution < -0.4 is 0 Å². The topological polar surface area (TPSA) is 60.9 Å². The summed E-state index contributed by atoms with van der Waals surface area (Å²) in [6.07, 6.45) is 0.715. The van der Waals surface area contributed by atoms with Crippen LogP contribution in [0.4, 0.5) is 0 Å². The Hall–Kier alpha value is -2.34. The van der Waals surface area contributed by atoms with Crippen molar-refractivity contribution in [2.75, 3.05) is 26.2 Å². The number of aliphatic hydroxyl groups is 1. The summed E-state index contributed by atoms with van der Waals surface area (Å²) in [7, 11) is 0. The first kappa shape index (κ1) is 23.3. The number of amides is 1. The Labute approximate surface area is 192 Å². The number of likely N-dealkylation sites (tertiary alicyclic amines) is 1. The Morgan fingerprint density at radius 3 is 2.32 bits per heavy atom. The molecule has 1 unspecified atom stereocenters.